The Hall–Kier alpha value is -0.590. The van der Waals surface area contributed by atoms with Crippen molar-refractivity contribution in [2.75, 3.05) is 0 Å². The molecule has 2 unspecified atom stereocenters. The Labute approximate surface area is 67.5 Å². The fourth-order valence-corrected chi connectivity index (χ4v) is 2.59. The van der Waals surface area contributed by atoms with Crippen LogP contribution in [0, 0.1) is 11.3 Å². The summed E-state index contributed by atoms with van der Waals surface area (Å²) in [4.78, 5) is 11.4. The van der Waals surface area contributed by atoms with E-state index in [9.17, 15) is 4.79 Å². The van der Waals surface area contributed by atoms with E-state index in [1.54, 1.807) is 0 Å². The zero-order chi connectivity index (χ0) is 8.06. The molecule has 0 radical (unpaired) electrons. The smallest absolute Gasteiger partial charge is 0.136 e. The van der Waals surface area contributed by atoms with Crippen LogP contribution in [0.5, 0.6) is 0 Å². The van der Waals surface area contributed by atoms with Gasteiger partial charge in [0.1, 0.15) is 5.78 Å². The van der Waals surface area contributed by atoms with E-state index in [0.29, 0.717) is 11.7 Å². The van der Waals surface area contributed by atoms with Gasteiger partial charge in [0.2, 0.25) is 0 Å². The molecule has 0 heterocycles. The van der Waals surface area contributed by atoms with E-state index in [0.717, 1.165) is 25.7 Å². The first kappa shape index (κ1) is 7.08. The molecular weight excluding hydrogens is 136 g/mol. The van der Waals surface area contributed by atoms with Crippen LogP contribution >= 0.6 is 0 Å². The summed E-state index contributed by atoms with van der Waals surface area (Å²) in [5, 5.41) is 0. The van der Waals surface area contributed by atoms with Crippen LogP contribution in [0.25, 0.3) is 0 Å². The lowest BCUT2D eigenvalue weighted by atomic mass is 9.80. The molecule has 2 aliphatic carbocycles. The molecule has 2 fully saturated rings. The van der Waals surface area contributed by atoms with Crippen molar-refractivity contribution >= 4 is 5.78 Å². The Bertz CT molecular complexity index is 229. The minimum atomic E-state index is 0.192. The second-order valence-electron chi connectivity index (χ2n) is 4.08. The molecule has 0 bridgehead atoms. The first-order chi connectivity index (χ1) is 5.14. The summed E-state index contributed by atoms with van der Waals surface area (Å²) in [5.74, 6) is 0.807. The molecule has 0 aliphatic heterocycles. The summed E-state index contributed by atoms with van der Waals surface area (Å²) >= 11 is 0. The van der Waals surface area contributed by atoms with Crippen LogP contribution in [0.15, 0.2) is 12.2 Å². The predicted molar refractivity (Wildman–Crippen MR) is 44.2 cm³/mol. The van der Waals surface area contributed by atoms with Crippen molar-refractivity contribution in [3.05, 3.63) is 12.2 Å². The summed E-state index contributed by atoms with van der Waals surface area (Å²) in [6, 6.07) is 0. The van der Waals surface area contributed by atoms with Crippen molar-refractivity contribution < 1.29 is 4.79 Å². The van der Waals surface area contributed by atoms with E-state index in [-0.39, 0.29) is 5.41 Å². The van der Waals surface area contributed by atoms with Crippen molar-refractivity contribution in [3.8, 4) is 0 Å². The summed E-state index contributed by atoms with van der Waals surface area (Å²) < 4.78 is 0. The van der Waals surface area contributed by atoms with Gasteiger partial charge in [-0.05, 0) is 24.7 Å². The largest absolute Gasteiger partial charge is 0.299 e. The summed E-state index contributed by atoms with van der Waals surface area (Å²) in [5.41, 5.74) is 1.50. The molecule has 0 amide bonds. The molecule has 60 valence electrons. The van der Waals surface area contributed by atoms with Gasteiger partial charge in [0.15, 0.2) is 0 Å². The Morgan fingerprint density at radius 3 is 2.91 bits per heavy atom. The quantitative estimate of drug-likeness (QED) is 0.484. The molecule has 11 heavy (non-hydrogen) atoms. The standard InChI is InChI=1S/C10H14O/c1-7-3-4-8-9(11)5-6-10(7,8)2/h8H,1,3-6H2,2H3. The van der Waals surface area contributed by atoms with E-state index in [1.165, 1.54) is 5.57 Å². The molecule has 2 saturated carbocycles. The van der Waals surface area contributed by atoms with Gasteiger partial charge in [0.05, 0.1) is 0 Å². The van der Waals surface area contributed by atoms with Crippen molar-refractivity contribution in [1.82, 2.24) is 0 Å². The van der Waals surface area contributed by atoms with Crippen LogP contribution in [0.4, 0.5) is 0 Å². The molecule has 0 aromatic rings. The average molecular weight is 150 g/mol. The number of hydrogen-bond acceptors (Lipinski definition) is 1. The van der Waals surface area contributed by atoms with Crippen LogP contribution in [0.2, 0.25) is 0 Å². The number of fused-ring (bicyclic) bond motifs is 1. The third kappa shape index (κ3) is 0.741. The minimum absolute atomic E-state index is 0.192. The molecule has 2 aliphatic rings. The van der Waals surface area contributed by atoms with Gasteiger partial charge in [-0.25, -0.2) is 0 Å². The maximum absolute atomic E-state index is 11.4. The van der Waals surface area contributed by atoms with E-state index in [2.05, 4.69) is 13.5 Å². The second-order valence-corrected chi connectivity index (χ2v) is 4.08. The van der Waals surface area contributed by atoms with Gasteiger partial charge in [-0.15, -0.1) is 0 Å². The van der Waals surface area contributed by atoms with Gasteiger partial charge in [-0.2, -0.15) is 0 Å². The summed E-state index contributed by atoms with van der Waals surface area (Å²) in [6.45, 7) is 6.26. The molecular formula is C10H14O. The molecule has 1 nitrogen and oxygen atoms in total. The number of Topliss-reactive ketones (excluding diaryl/α,β-unsaturated/α-hetero) is 1. The average Bonchev–Trinajstić information content (AvgIpc) is 2.39. The van der Waals surface area contributed by atoms with Crippen LogP contribution < -0.4 is 0 Å². The van der Waals surface area contributed by atoms with Crippen LogP contribution in [-0.4, -0.2) is 5.78 Å². The minimum Gasteiger partial charge on any atom is -0.299 e. The normalized spacial score (nSPS) is 43.2. The molecule has 0 spiro atoms. The lowest BCUT2D eigenvalue weighted by Crippen LogP contribution is -2.19. The summed E-state index contributed by atoms with van der Waals surface area (Å²) in [7, 11) is 0. The summed E-state index contributed by atoms with van der Waals surface area (Å²) in [6.07, 6.45) is 3.98. The molecule has 0 aromatic heterocycles. The topological polar surface area (TPSA) is 17.1 Å². The highest BCUT2D eigenvalue weighted by Crippen LogP contribution is 2.54. The molecule has 0 saturated heterocycles. The van der Waals surface area contributed by atoms with Gasteiger partial charge in [0.25, 0.3) is 0 Å². The van der Waals surface area contributed by atoms with E-state index in [1.807, 2.05) is 0 Å². The second kappa shape index (κ2) is 1.96. The molecule has 2 atom stereocenters. The van der Waals surface area contributed by atoms with Gasteiger partial charge in [-0.1, -0.05) is 19.1 Å². The first-order valence-electron chi connectivity index (χ1n) is 4.35. The van der Waals surface area contributed by atoms with Gasteiger partial charge < -0.3 is 0 Å². The van der Waals surface area contributed by atoms with E-state index in [4.69, 9.17) is 0 Å². The van der Waals surface area contributed by atoms with E-state index < -0.39 is 0 Å². The van der Waals surface area contributed by atoms with Gasteiger partial charge >= 0.3 is 0 Å². The number of hydrogen-bond donors (Lipinski definition) is 0. The maximum Gasteiger partial charge on any atom is 0.136 e. The maximum atomic E-state index is 11.4. The van der Waals surface area contributed by atoms with Crippen molar-refractivity contribution in [3.63, 3.8) is 0 Å². The fraction of sp³-hybridized carbons (Fsp3) is 0.700. The lowest BCUT2D eigenvalue weighted by molar-refractivity contribution is -0.121. The number of carbonyl (C=O) groups is 1. The third-order valence-electron chi connectivity index (χ3n) is 3.59. The Morgan fingerprint density at radius 1 is 1.55 bits per heavy atom. The number of carbonyl (C=O) groups excluding carboxylic acids is 1. The fourth-order valence-electron chi connectivity index (χ4n) is 2.59. The highest BCUT2D eigenvalue weighted by atomic mass is 16.1. The van der Waals surface area contributed by atoms with Crippen LogP contribution in [-0.2, 0) is 4.79 Å². The van der Waals surface area contributed by atoms with E-state index >= 15 is 0 Å². The van der Waals surface area contributed by atoms with Crippen molar-refractivity contribution in [2.45, 2.75) is 32.6 Å². The SMILES string of the molecule is C=C1CCC2C(=O)CCC12C. The number of allylic oxidation sites excluding steroid dienone is 1. The highest BCUT2D eigenvalue weighted by Gasteiger charge is 2.49. The molecule has 0 aromatic carbocycles. The Morgan fingerprint density at radius 2 is 2.27 bits per heavy atom. The predicted octanol–water partition coefficient (Wildman–Crippen LogP) is 2.32. The van der Waals surface area contributed by atoms with Gasteiger partial charge in [-0.3, -0.25) is 4.79 Å². The zero-order valence-corrected chi connectivity index (χ0v) is 7.02. The number of ketones is 1. The third-order valence-corrected chi connectivity index (χ3v) is 3.59. The molecule has 1 heteroatoms. The zero-order valence-electron chi connectivity index (χ0n) is 7.02. The Balaban J connectivity index is 2.37. The monoisotopic (exact) mass is 150 g/mol. The molecule has 0 N–H and O–H groups in total. The first-order valence-corrected chi connectivity index (χ1v) is 4.35. The molecule has 2 rings (SSSR count). The van der Waals surface area contributed by atoms with Crippen molar-refractivity contribution in [2.24, 2.45) is 11.3 Å². The lowest BCUT2D eigenvalue weighted by Gasteiger charge is -2.23. The van der Waals surface area contributed by atoms with Crippen LogP contribution in [0.3, 0.4) is 0 Å². The van der Waals surface area contributed by atoms with Crippen LogP contribution in [0.1, 0.15) is 32.6 Å². The number of rotatable bonds is 0. The van der Waals surface area contributed by atoms with Gasteiger partial charge in [0, 0.05) is 12.3 Å². The van der Waals surface area contributed by atoms with Crippen molar-refractivity contribution in [1.29, 1.82) is 0 Å². The Kier molecular flexibility index (Phi) is 1.26. The highest BCUT2D eigenvalue weighted by molar-refractivity contribution is 5.85.